The largest absolute Gasteiger partial charge is 0.250 e. The average molecular weight is 304 g/mol. The Bertz CT molecular complexity index is 672. The second-order valence-corrected chi connectivity index (χ2v) is 8.94. The van der Waals surface area contributed by atoms with Gasteiger partial charge in [0.25, 0.3) is 0 Å². The number of nitrogens with one attached hydrogen (secondary N) is 1. The highest BCUT2D eigenvalue weighted by Gasteiger charge is 2.16. The highest BCUT2D eigenvalue weighted by molar-refractivity contribution is 7.93. The van der Waals surface area contributed by atoms with Gasteiger partial charge in [-0.15, -0.1) is 0 Å². The van der Waals surface area contributed by atoms with Crippen molar-refractivity contribution in [2.24, 2.45) is 4.36 Å². The third-order valence-corrected chi connectivity index (χ3v) is 6.13. The number of nitrogens with zero attached hydrogens (tertiary/aromatic N) is 1. The molecule has 7 heteroatoms. The standard InChI is InChI=1S/C12H20N2O3S2/c1-10-5-6-12(11(2)9-10)19(16,17)14-7-8-18(4,15)13-3/h5-6,9,14H,7-8H2,1-4H3. The zero-order valence-corrected chi connectivity index (χ0v) is 13.3. The Kier molecular flexibility index (Phi) is 5.11. The lowest BCUT2D eigenvalue weighted by Crippen LogP contribution is -2.29. The van der Waals surface area contributed by atoms with Gasteiger partial charge in [-0.3, -0.25) is 4.21 Å². The van der Waals surface area contributed by atoms with Crippen molar-refractivity contribution < 1.29 is 12.6 Å². The predicted molar refractivity (Wildman–Crippen MR) is 78.4 cm³/mol. The smallest absolute Gasteiger partial charge is 0.240 e. The first-order valence-corrected chi connectivity index (χ1v) is 9.40. The van der Waals surface area contributed by atoms with Crippen molar-refractivity contribution in [3.63, 3.8) is 0 Å². The van der Waals surface area contributed by atoms with Gasteiger partial charge >= 0.3 is 0 Å². The number of aryl methyl sites for hydroxylation is 2. The van der Waals surface area contributed by atoms with Gasteiger partial charge in [0, 0.05) is 35.3 Å². The summed E-state index contributed by atoms with van der Waals surface area (Å²) < 4.78 is 42.1. The minimum atomic E-state index is -3.56. The van der Waals surface area contributed by atoms with Crippen LogP contribution >= 0.6 is 0 Å². The second kappa shape index (κ2) is 6.02. The van der Waals surface area contributed by atoms with Gasteiger partial charge in [0.05, 0.1) is 4.90 Å². The molecule has 0 aromatic heterocycles. The van der Waals surface area contributed by atoms with Crippen LogP contribution in [-0.4, -0.2) is 38.2 Å². The van der Waals surface area contributed by atoms with Gasteiger partial charge in [-0.25, -0.2) is 17.5 Å². The molecule has 1 N–H and O–H groups in total. The van der Waals surface area contributed by atoms with Crippen LogP contribution in [0.3, 0.4) is 0 Å². The minimum Gasteiger partial charge on any atom is -0.250 e. The van der Waals surface area contributed by atoms with E-state index in [1.54, 1.807) is 19.1 Å². The average Bonchev–Trinajstić information content (AvgIpc) is 2.27. The van der Waals surface area contributed by atoms with E-state index in [1.165, 1.54) is 13.3 Å². The number of sulfonamides is 1. The maximum Gasteiger partial charge on any atom is 0.240 e. The van der Waals surface area contributed by atoms with Gasteiger partial charge < -0.3 is 0 Å². The van der Waals surface area contributed by atoms with E-state index in [-0.39, 0.29) is 17.2 Å². The van der Waals surface area contributed by atoms with Crippen LogP contribution in [0, 0.1) is 13.8 Å². The molecule has 0 aliphatic heterocycles. The number of benzene rings is 1. The van der Waals surface area contributed by atoms with E-state index >= 15 is 0 Å². The van der Waals surface area contributed by atoms with Crippen molar-refractivity contribution in [2.75, 3.05) is 25.6 Å². The highest BCUT2D eigenvalue weighted by atomic mass is 32.2. The van der Waals surface area contributed by atoms with E-state index < -0.39 is 19.8 Å². The zero-order valence-electron chi connectivity index (χ0n) is 11.6. The third-order valence-electron chi connectivity index (χ3n) is 2.78. The monoisotopic (exact) mass is 304 g/mol. The molecule has 19 heavy (non-hydrogen) atoms. The zero-order chi connectivity index (χ0) is 14.7. The molecule has 1 unspecified atom stereocenters. The van der Waals surface area contributed by atoms with Gasteiger partial charge in [-0.2, -0.15) is 0 Å². The van der Waals surface area contributed by atoms with Crippen molar-refractivity contribution in [2.45, 2.75) is 18.7 Å². The first-order valence-electron chi connectivity index (χ1n) is 5.83. The molecular weight excluding hydrogens is 284 g/mol. The van der Waals surface area contributed by atoms with Crippen LogP contribution in [0.1, 0.15) is 11.1 Å². The molecule has 5 nitrogen and oxygen atoms in total. The molecule has 0 saturated heterocycles. The topological polar surface area (TPSA) is 75.6 Å². The molecule has 0 aliphatic carbocycles. The second-order valence-electron chi connectivity index (χ2n) is 4.51. The summed E-state index contributed by atoms with van der Waals surface area (Å²) in [6.45, 7) is 3.78. The molecule has 0 bridgehead atoms. The van der Waals surface area contributed by atoms with E-state index in [0.29, 0.717) is 5.56 Å². The molecule has 1 aromatic rings. The predicted octanol–water partition coefficient (Wildman–Crippen LogP) is 1.31. The van der Waals surface area contributed by atoms with Crippen molar-refractivity contribution in [1.82, 2.24) is 4.72 Å². The first kappa shape index (κ1) is 16.1. The quantitative estimate of drug-likeness (QED) is 0.891. The van der Waals surface area contributed by atoms with Gasteiger partial charge in [-0.1, -0.05) is 17.7 Å². The molecule has 0 heterocycles. The molecule has 0 fully saturated rings. The van der Waals surface area contributed by atoms with Gasteiger partial charge in [-0.05, 0) is 25.5 Å². The summed E-state index contributed by atoms with van der Waals surface area (Å²) >= 11 is 0. The Hall–Kier alpha value is -0.920. The first-order chi connectivity index (χ1) is 8.68. The fourth-order valence-corrected chi connectivity index (χ4v) is 3.68. The van der Waals surface area contributed by atoms with E-state index in [9.17, 15) is 12.6 Å². The Labute approximate surface area is 115 Å². The van der Waals surface area contributed by atoms with E-state index in [4.69, 9.17) is 0 Å². The Morgan fingerprint density at radius 3 is 2.37 bits per heavy atom. The molecule has 0 radical (unpaired) electrons. The fourth-order valence-electron chi connectivity index (χ4n) is 1.64. The van der Waals surface area contributed by atoms with Crippen LogP contribution in [0.15, 0.2) is 27.5 Å². The lowest BCUT2D eigenvalue weighted by molar-refractivity contribution is 0.583. The van der Waals surface area contributed by atoms with Crippen LogP contribution in [0.5, 0.6) is 0 Å². The summed E-state index contributed by atoms with van der Waals surface area (Å²) in [5, 5.41) is 0. The molecule has 0 aliphatic rings. The van der Waals surface area contributed by atoms with Crippen LogP contribution in [-0.2, 0) is 19.8 Å². The van der Waals surface area contributed by atoms with Crippen molar-refractivity contribution in [3.8, 4) is 0 Å². The van der Waals surface area contributed by atoms with Gasteiger partial charge in [0.2, 0.25) is 10.0 Å². The summed E-state index contributed by atoms with van der Waals surface area (Å²) in [4.78, 5) is 0.258. The molecule has 0 spiro atoms. The Morgan fingerprint density at radius 2 is 1.84 bits per heavy atom. The van der Waals surface area contributed by atoms with Crippen molar-refractivity contribution in [3.05, 3.63) is 29.3 Å². The number of hydrogen-bond donors (Lipinski definition) is 1. The number of hydrogen-bond acceptors (Lipinski definition) is 4. The number of rotatable bonds is 5. The molecule has 1 aromatic carbocycles. The Morgan fingerprint density at radius 1 is 1.21 bits per heavy atom. The fraction of sp³-hybridized carbons (Fsp3) is 0.500. The molecule has 1 atom stereocenters. The lowest BCUT2D eigenvalue weighted by Gasteiger charge is -2.10. The summed E-state index contributed by atoms with van der Waals surface area (Å²) in [5.74, 6) is 0.202. The summed E-state index contributed by atoms with van der Waals surface area (Å²) in [6, 6.07) is 5.16. The van der Waals surface area contributed by atoms with Crippen LogP contribution in [0.2, 0.25) is 0 Å². The molecule has 0 amide bonds. The van der Waals surface area contributed by atoms with Gasteiger partial charge in [0.15, 0.2) is 0 Å². The molecule has 1 rings (SSSR count). The van der Waals surface area contributed by atoms with E-state index in [1.807, 2.05) is 13.0 Å². The van der Waals surface area contributed by atoms with E-state index in [2.05, 4.69) is 9.08 Å². The normalized spacial score (nSPS) is 14.9. The minimum absolute atomic E-state index is 0.113. The molecule has 0 saturated carbocycles. The summed E-state index contributed by atoms with van der Waals surface area (Å²) in [5.41, 5.74) is 1.71. The van der Waals surface area contributed by atoms with Crippen LogP contribution in [0.25, 0.3) is 0 Å². The van der Waals surface area contributed by atoms with Gasteiger partial charge in [0.1, 0.15) is 0 Å². The maximum absolute atomic E-state index is 12.1. The molecular formula is C12H20N2O3S2. The maximum atomic E-state index is 12.1. The van der Waals surface area contributed by atoms with E-state index in [0.717, 1.165) is 5.56 Å². The highest BCUT2D eigenvalue weighted by Crippen LogP contribution is 2.15. The summed E-state index contributed by atoms with van der Waals surface area (Å²) in [6.07, 6.45) is 1.51. The summed E-state index contributed by atoms with van der Waals surface area (Å²) in [7, 11) is -4.38. The van der Waals surface area contributed by atoms with Crippen LogP contribution in [0.4, 0.5) is 0 Å². The van der Waals surface area contributed by atoms with Crippen molar-refractivity contribution >= 4 is 19.8 Å². The Balaban J connectivity index is 2.85. The third kappa shape index (κ3) is 4.59. The SMILES string of the molecule is CN=S(C)(=O)CCNS(=O)(=O)c1ccc(C)cc1C. The van der Waals surface area contributed by atoms with Crippen molar-refractivity contribution in [1.29, 1.82) is 0 Å². The van der Waals surface area contributed by atoms with Crippen LogP contribution < -0.4 is 4.72 Å². The molecule has 108 valence electrons. The lowest BCUT2D eigenvalue weighted by atomic mass is 10.2.